The largest absolute Gasteiger partial charge is 0.313 e. The fraction of sp³-hybridized carbons (Fsp3) is 0.400. The van der Waals surface area contributed by atoms with Gasteiger partial charge in [-0.3, -0.25) is 9.59 Å². The van der Waals surface area contributed by atoms with Crippen LogP contribution in [0.15, 0.2) is 29.3 Å². The molecule has 2 aliphatic heterocycles. The third kappa shape index (κ3) is 1.73. The molecule has 0 aromatic heterocycles. The van der Waals surface area contributed by atoms with Gasteiger partial charge in [-0.25, -0.2) is 4.99 Å². The highest BCUT2D eigenvalue weighted by atomic mass is 32.2. The van der Waals surface area contributed by atoms with E-state index in [-0.39, 0.29) is 11.1 Å². The number of anilines is 1. The zero-order chi connectivity index (χ0) is 14.3. The van der Waals surface area contributed by atoms with E-state index in [1.54, 1.807) is 11.9 Å². The molecular formula is C15H16N2O2S. The highest BCUT2D eigenvalue weighted by molar-refractivity contribution is 8.16. The van der Waals surface area contributed by atoms with E-state index in [0.29, 0.717) is 12.1 Å². The van der Waals surface area contributed by atoms with E-state index < -0.39 is 4.75 Å². The lowest BCUT2D eigenvalue weighted by Crippen LogP contribution is -2.53. The number of benzene rings is 1. The summed E-state index contributed by atoms with van der Waals surface area (Å²) in [5.41, 5.74) is 2.39. The van der Waals surface area contributed by atoms with Crippen molar-refractivity contribution in [2.24, 2.45) is 4.99 Å². The van der Waals surface area contributed by atoms with Gasteiger partial charge in [-0.15, -0.1) is 0 Å². The van der Waals surface area contributed by atoms with Crippen LogP contribution in [0.2, 0.25) is 0 Å². The van der Waals surface area contributed by atoms with E-state index in [1.165, 1.54) is 0 Å². The van der Waals surface area contributed by atoms with Crippen LogP contribution in [0.5, 0.6) is 0 Å². The zero-order valence-electron chi connectivity index (χ0n) is 11.5. The molecule has 1 unspecified atom stereocenters. The first-order valence-electron chi connectivity index (χ1n) is 6.80. The average Bonchev–Trinajstić information content (AvgIpc) is 2.81. The molecule has 1 atom stereocenters. The number of unbranched alkanes of at least 4 members (excludes halogenated alkanes) is 1. The first-order valence-corrected chi connectivity index (χ1v) is 7.61. The number of aliphatic imine (C=N–C) groups is 1. The van der Waals surface area contributed by atoms with Crippen LogP contribution in [0.1, 0.15) is 31.7 Å². The lowest BCUT2D eigenvalue weighted by molar-refractivity contribution is -0.119. The molecule has 0 fully saturated rings. The first-order chi connectivity index (χ1) is 9.60. The highest BCUT2D eigenvalue weighted by Crippen LogP contribution is 2.47. The van der Waals surface area contributed by atoms with Crippen molar-refractivity contribution < 1.29 is 9.59 Å². The molecule has 3 rings (SSSR count). The fourth-order valence-corrected chi connectivity index (χ4v) is 4.03. The summed E-state index contributed by atoms with van der Waals surface area (Å²) in [7, 11) is 1.77. The van der Waals surface area contributed by atoms with Crippen molar-refractivity contribution in [1.29, 1.82) is 0 Å². The zero-order valence-corrected chi connectivity index (χ0v) is 12.4. The number of amides is 2. The molecule has 5 heteroatoms. The Balaban J connectivity index is 2.18. The Hall–Kier alpha value is -1.62. The summed E-state index contributed by atoms with van der Waals surface area (Å²) in [6.45, 7) is 2.08. The number of nitrogens with zero attached hydrogens (tertiary/aromatic N) is 2. The van der Waals surface area contributed by atoms with Crippen LogP contribution in [0, 0.1) is 0 Å². The molecule has 0 saturated heterocycles. The number of carbonyl (C=O) groups excluding carboxylic acids is 2. The van der Waals surface area contributed by atoms with Gasteiger partial charge in [0.05, 0.1) is 11.4 Å². The number of fused-ring (bicyclic) bond motifs is 3. The standard InChI is InChI=1S/C15H16N2O2S/c1-3-4-9-15-12(16-14(19)20-15)10-7-5-6-8-11(10)17(2)13(15)18/h5-8H,3-4,9H2,1-2H3. The average molecular weight is 288 g/mol. The van der Waals surface area contributed by atoms with Gasteiger partial charge < -0.3 is 4.90 Å². The van der Waals surface area contributed by atoms with Gasteiger partial charge in [-0.05, 0) is 24.2 Å². The van der Waals surface area contributed by atoms with E-state index in [2.05, 4.69) is 11.9 Å². The summed E-state index contributed by atoms with van der Waals surface area (Å²) < 4.78 is -0.809. The molecule has 0 aliphatic carbocycles. The van der Waals surface area contributed by atoms with Gasteiger partial charge in [0.15, 0.2) is 0 Å². The van der Waals surface area contributed by atoms with Crippen molar-refractivity contribution in [3.05, 3.63) is 29.8 Å². The molecule has 20 heavy (non-hydrogen) atoms. The van der Waals surface area contributed by atoms with Crippen molar-refractivity contribution in [2.75, 3.05) is 11.9 Å². The Bertz CT molecular complexity index is 626. The molecule has 1 aromatic carbocycles. The summed E-state index contributed by atoms with van der Waals surface area (Å²) in [6, 6.07) is 7.65. The molecular weight excluding hydrogens is 272 g/mol. The molecule has 0 N–H and O–H groups in total. The van der Waals surface area contributed by atoms with Crippen LogP contribution in [-0.2, 0) is 4.79 Å². The minimum atomic E-state index is -0.809. The third-order valence-electron chi connectivity index (χ3n) is 3.90. The van der Waals surface area contributed by atoms with Crippen molar-refractivity contribution in [3.63, 3.8) is 0 Å². The van der Waals surface area contributed by atoms with Gasteiger partial charge in [0.25, 0.3) is 0 Å². The van der Waals surface area contributed by atoms with Crippen LogP contribution < -0.4 is 4.90 Å². The summed E-state index contributed by atoms with van der Waals surface area (Å²) >= 11 is 1.08. The Kier molecular flexibility index (Phi) is 3.17. The Labute approximate surface area is 122 Å². The topological polar surface area (TPSA) is 49.7 Å². The maximum atomic E-state index is 12.8. The van der Waals surface area contributed by atoms with Gasteiger partial charge in [0.2, 0.25) is 5.91 Å². The van der Waals surface area contributed by atoms with Crippen LogP contribution in [-0.4, -0.2) is 28.7 Å². The molecule has 4 nitrogen and oxygen atoms in total. The van der Waals surface area contributed by atoms with Crippen LogP contribution in [0.3, 0.4) is 0 Å². The number of hydrogen-bond acceptors (Lipinski definition) is 3. The SMILES string of the molecule is CCCCC12SC(=O)N=C1c1ccccc1N(C)C2=O. The molecule has 2 amide bonds. The minimum Gasteiger partial charge on any atom is -0.313 e. The van der Waals surface area contributed by atoms with Gasteiger partial charge in [-0.1, -0.05) is 38.0 Å². The van der Waals surface area contributed by atoms with E-state index in [0.717, 1.165) is 35.9 Å². The van der Waals surface area contributed by atoms with Crippen LogP contribution in [0.4, 0.5) is 10.5 Å². The normalized spacial score (nSPS) is 24.5. The minimum absolute atomic E-state index is 0.0285. The second kappa shape index (κ2) is 4.74. The lowest BCUT2D eigenvalue weighted by atomic mass is 9.85. The third-order valence-corrected chi connectivity index (χ3v) is 5.09. The van der Waals surface area contributed by atoms with E-state index in [9.17, 15) is 9.59 Å². The number of thioether (sulfide) groups is 1. The molecule has 2 heterocycles. The predicted octanol–water partition coefficient (Wildman–Crippen LogP) is 3.25. The number of hydrogen-bond donors (Lipinski definition) is 0. The van der Waals surface area contributed by atoms with Gasteiger partial charge in [-0.2, -0.15) is 0 Å². The number of para-hydroxylation sites is 1. The second-order valence-electron chi connectivity index (χ2n) is 5.14. The van der Waals surface area contributed by atoms with E-state index in [4.69, 9.17) is 0 Å². The van der Waals surface area contributed by atoms with Crippen molar-refractivity contribution >= 4 is 34.3 Å². The predicted molar refractivity (Wildman–Crippen MR) is 81.6 cm³/mol. The molecule has 1 aromatic rings. The fourth-order valence-electron chi connectivity index (χ4n) is 2.87. The molecule has 0 bridgehead atoms. The van der Waals surface area contributed by atoms with Gasteiger partial charge >= 0.3 is 5.24 Å². The number of rotatable bonds is 3. The Morgan fingerprint density at radius 1 is 1.30 bits per heavy atom. The maximum absolute atomic E-state index is 12.8. The molecule has 0 radical (unpaired) electrons. The van der Waals surface area contributed by atoms with E-state index >= 15 is 0 Å². The first kappa shape index (κ1) is 13.4. The number of carbonyl (C=O) groups is 2. The second-order valence-corrected chi connectivity index (χ2v) is 6.39. The molecule has 104 valence electrons. The maximum Gasteiger partial charge on any atom is 0.306 e. The van der Waals surface area contributed by atoms with Gasteiger partial charge in [0, 0.05) is 12.6 Å². The summed E-state index contributed by atoms with van der Waals surface area (Å²) in [6.07, 6.45) is 2.56. The smallest absolute Gasteiger partial charge is 0.306 e. The highest BCUT2D eigenvalue weighted by Gasteiger charge is 2.55. The molecule has 0 spiro atoms. The van der Waals surface area contributed by atoms with Crippen LogP contribution in [0.25, 0.3) is 0 Å². The molecule has 0 saturated carbocycles. The van der Waals surface area contributed by atoms with Crippen molar-refractivity contribution in [1.82, 2.24) is 0 Å². The quantitative estimate of drug-likeness (QED) is 0.858. The molecule has 2 aliphatic rings. The Morgan fingerprint density at radius 3 is 2.80 bits per heavy atom. The monoisotopic (exact) mass is 288 g/mol. The summed E-state index contributed by atoms with van der Waals surface area (Å²) in [5.74, 6) is -0.0285. The summed E-state index contributed by atoms with van der Waals surface area (Å²) in [5, 5.41) is -0.255. The Morgan fingerprint density at radius 2 is 2.05 bits per heavy atom. The van der Waals surface area contributed by atoms with Gasteiger partial charge in [0.1, 0.15) is 4.75 Å². The lowest BCUT2D eigenvalue weighted by Gasteiger charge is -2.38. The van der Waals surface area contributed by atoms with E-state index in [1.807, 2.05) is 24.3 Å². The summed E-state index contributed by atoms with van der Waals surface area (Å²) in [4.78, 5) is 30.5. The van der Waals surface area contributed by atoms with Crippen molar-refractivity contribution in [3.8, 4) is 0 Å². The van der Waals surface area contributed by atoms with Crippen molar-refractivity contribution in [2.45, 2.75) is 30.9 Å². The van der Waals surface area contributed by atoms with Crippen LogP contribution >= 0.6 is 11.8 Å².